The Morgan fingerprint density at radius 1 is 1.30 bits per heavy atom. The average Bonchev–Trinajstić information content (AvgIpc) is 2.45. The summed E-state index contributed by atoms with van der Waals surface area (Å²) >= 11 is 0. The fourth-order valence-corrected chi connectivity index (χ4v) is 1.63. The molecular formula is C13H13N3O4. The molecular weight excluding hydrogens is 262 g/mol. The van der Waals surface area contributed by atoms with Crippen molar-refractivity contribution in [1.29, 1.82) is 0 Å². The number of non-ortho nitro benzene ring substituents is 1. The van der Waals surface area contributed by atoms with Crippen LogP contribution in [0.5, 0.6) is 11.5 Å². The maximum Gasteiger partial charge on any atom is 0.273 e. The minimum atomic E-state index is -0.490. The van der Waals surface area contributed by atoms with E-state index in [1.807, 2.05) is 0 Å². The highest BCUT2D eigenvalue weighted by molar-refractivity contribution is 5.48. The second-order valence-corrected chi connectivity index (χ2v) is 3.97. The zero-order chi connectivity index (χ0) is 14.5. The molecule has 0 spiro atoms. The van der Waals surface area contributed by atoms with Crippen molar-refractivity contribution in [2.75, 3.05) is 12.8 Å². The third kappa shape index (κ3) is 3.14. The predicted octanol–water partition coefficient (Wildman–Crippen LogP) is 2.16. The van der Waals surface area contributed by atoms with E-state index in [9.17, 15) is 10.1 Å². The Labute approximate surface area is 115 Å². The van der Waals surface area contributed by atoms with Crippen molar-refractivity contribution >= 4 is 11.5 Å². The molecule has 104 valence electrons. The van der Waals surface area contributed by atoms with Gasteiger partial charge in [-0.2, -0.15) is 0 Å². The van der Waals surface area contributed by atoms with Crippen LogP contribution in [0.4, 0.5) is 11.5 Å². The SMILES string of the molecule is COc1cc([N+](=O)[O-])ccc1OCc1ccnc(N)c1. The van der Waals surface area contributed by atoms with Crippen molar-refractivity contribution in [3.63, 3.8) is 0 Å². The lowest BCUT2D eigenvalue weighted by Crippen LogP contribution is -2.00. The summed E-state index contributed by atoms with van der Waals surface area (Å²) in [6, 6.07) is 7.64. The molecule has 0 bridgehead atoms. The van der Waals surface area contributed by atoms with Crippen molar-refractivity contribution in [3.05, 3.63) is 52.2 Å². The molecule has 20 heavy (non-hydrogen) atoms. The van der Waals surface area contributed by atoms with Gasteiger partial charge in [-0.25, -0.2) is 4.98 Å². The fourth-order valence-electron chi connectivity index (χ4n) is 1.63. The Balaban J connectivity index is 2.15. The minimum Gasteiger partial charge on any atom is -0.493 e. The number of nitro groups is 1. The van der Waals surface area contributed by atoms with Gasteiger partial charge in [0.1, 0.15) is 12.4 Å². The minimum absolute atomic E-state index is 0.0534. The Morgan fingerprint density at radius 3 is 2.75 bits per heavy atom. The van der Waals surface area contributed by atoms with E-state index < -0.39 is 4.92 Å². The molecule has 0 saturated carbocycles. The summed E-state index contributed by atoms with van der Waals surface area (Å²) in [6.45, 7) is 0.265. The number of hydrogen-bond acceptors (Lipinski definition) is 6. The number of methoxy groups -OCH3 is 1. The number of nitrogen functional groups attached to an aromatic ring is 1. The topological polar surface area (TPSA) is 101 Å². The number of nitrogens with zero attached hydrogens (tertiary/aromatic N) is 2. The monoisotopic (exact) mass is 275 g/mol. The molecule has 2 N–H and O–H groups in total. The average molecular weight is 275 g/mol. The van der Waals surface area contributed by atoms with E-state index >= 15 is 0 Å². The van der Waals surface area contributed by atoms with Crippen LogP contribution in [0.1, 0.15) is 5.56 Å². The predicted molar refractivity (Wildman–Crippen MR) is 72.6 cm³/mol. The van der Waals surface area contributed by atoms with Gasteiger partial charge in [0.25, 0.3) is 5.69 Å². The summed E-state index contributed by atoms with van der Waals surface area (Å²) in [7, 11) is 1.43. The molecule has 0 fully saturated rings. The number of nitrogens with two attached hydrogens (primary N) is 1. The van der Waals surface area contributed by atoms with Crippen LogP contribution >= 0.6 is 0 Å². The smallest absolute Gasteiger partial charge is 0.273 e. The Kier molecular flexibility index (Phi) is 3.99. The zero-order valence-corrected chi connectivity index (χ0v) is 10.8. The van der Waals surface area contributed by atoms with Crippen LogP contribution in [-0.2, 0) is 6.61 Å². The van der Waals surface area contributed by atoms with E-state index in [-0.39, 0.29) is 12.3 Å². The molecule has 0 aliphatic carbocycles. The number of pyridine rings is 1. The van der Waals surface area contributed by atoms with Gasteiger partial charge >= 0.3 is 0 Å². The molecule has 0 amide bonds. The van der Waals surface area contributed by atoms with Gasteiger partial charge in [-0.05, 0) is 23.8 Å². The molecule has 1 aromatic carbocycles. The largest absolute Gasteiger partial charge is 0.493 e. The number of hydrogen-bond donors (Lipinski definition) is 1. The Hall–Kier alpha value is -2.83. The second-order valence-electron chi connectivity index (χ2n) is 3.97. The molecule has 0 radical (unpaired) electrons. The van der Waals surface area contributed by atoms with Gasteiger partial charge in [0, 0.05) is 12.3 Å². The van der Waals surface area contributed by atoms with Gasteiger partial charge in [-0.1, -0.05) is 0 Å². The standard InChI is InChI=1S/C13H13N3O4/c1-19-12-7-10(16(17)18)2-3-11(12)20-8-9-4-5-15-13(14)6-9/h2-7H,8H2,1H3,(H2,14,15). The number of rotatable bonds is 5. The maximum absolute atomic E-state index is 10.7. The van der Waals surface area contributed by atoms with Gasteiger partial charge in [0.15, 0.2) is 11.5 Å². The molecule has 1 heterocycles. The van der Waals surface area contributed by atoms with Crippen LogP contribution < -0.4 is 15.2 Å². The molecule has 2 rings (SSSR count). The molecule has 1 aromatic heterocycles. The number of anilines is 1. The lowest BCUT2D eigenvalue weighted by molar-refractivity contribution is -0.385. The number of aromatic nitrogens is 1. The summed E-state index contributed by atoms with van der Waals surface area (Å²) in [5, 5.41) is 10.7. The van der Waals surface area contributed by atoms with Crippen LogP contribution in [0.2, 0.25) is 0 Å². The summed E-state index contributed by atoms with van der Waals surface area (Å²) in [6.07, 6.45) is 1.58. The highest BCUT2D eigenvalue weighted by Crippen LogP contribution is 2.31. The Morgan fingerprint density at radius 2 is 2.10 bits per heavy atom. The highest BCUT2D eigenvalue weighted by Gasteiger charge is 2.12. The molecule has 0 unspecified atom stereocenters. The lowest BCUT2D eigenvalue weighted by atomic mass is 10.2. The quantitative estimate of drug-likeness (QED) is 0.662. The van der Waals surface area contributed by atoms with Gasteiger partial charge in [-0.15, -0.1) is 0 Å². The van der Waals surface area contributed by atoms with E-state index in [4.69, 9.17) is 15.2 Å². The van der Waals surface area contributed by atoms with Crippen molar-refractivity contribution in [2.45, 2.75) is 6.61 Å². The van der Waals surface area contributed by atoms with Crippen molar-refractivity contribution in [1.82, 2.24) is 4.98 Å². The fraction of sp³-hybridized carbons (Fsp3) is 0.154. The normalized spacial score (nSPS) is 10.1. The lowest BCUT2D eigenvalue weighted by Gasteiger charge is -2.10. The number of nitro benzene ring substituents is 1. The first-order valence-corrected chi connectivity index (χ1v) is 5.76. The van der Waals surface area contributed by atoms with Gasteiger partial charge < -0.3 is 15.2 Å². The van der Waals surface area contributed by atoms with Crippen molar-refractivity contribution in [2.24, 2.45) is 0 Å². The molecule has 0 aliphatic rings. The van der Waals surface area contributed by atoms with Crippen molar-refractivity contribution < 1.29 is 14.4 Å². The van der Waals surface area contributed by atoms with E-state index in [1.165, 1.54) is 25.3 Å². The molecule has 7 heteroatoms. The number of ether oxygens (including phenoxy) is 2. The molecule has 7 nitrogen and oxygen atoms in total. The van der Waals surface area contributed by atoms with Crippen molar-refractivity contribution in [3.8, 4) is 11.5 Å². The highest BCUT2D eigenvalue weighted by atomic mass is 16.6. The summed E-state index contributed by atoms with van der Waals surface area (Å²) in [4.78, 5) is 14.1. The second kappa shape index (κ2) is 5.87. The third-order valence-corrected chi connectivity index (χ3v) is 2.60. The first kappa shape index (κ1) is 13.6. The van der Waals surface area contributed by atoms with E-state index in [0.717, 1.165) is 5.56 Å². The van der Waals surface area contributed by atoms with Gasteiger partial charge in [-0.3, -0.25) is 10.1 Å². The molecule has 0 aliphatic heterocycles. The molecule has 0 saturated heterocycles. The van der Waals surface area contributed by atoms with Crippen LogP contribution in [0.15, 0.2) is 36.5 Å². The molecule has 2 aromatic rings. The maximum atomic E-state index is 10.7. The van der Waals surface area contributed by atoms with Crippen LogP contribution in [0.25, 0.3) is 0 Å². The zero-order valence-electron chi connectivity index (χ0n) is 10.8. The van der Waals surface area contributed by atoms with Crippen LogP contribution in [0, 0.1) is 10.1 Å². The van der Waals surface area contributed by atoms with Gasteiger partial charge in [0.2, 0.25) is 0 Å². The molecule has 0 atom stereocenters. The van der Waals surface area contributed by atoms with Crippen LogP contribution in [0.3, 0.4) is 0 Å². The Bertz CT molecular complexity index is 631. The van der Waals surface area contributed by atoms with E-state index in [1.54, 1.807) is 18.3 Å². The first-order chi connectivity index (χ1) is 9.60. The third-order valence-electron chi connectivity index (χ3n) is 2.60. The number of benzene rings is 1. The first-order valence-electron chi connectivity index (χ1n) is 5.76. The summed E-state index contributed by atoms with van der Waals surface area (Å²) in [5.41, 5.74) is 6.36. The van der Waals surface area contributed by atoms with E-state index in [2.05, 4.69) is 4.98 Å². The van der Waals surface area contributed by atoms with E-state index in [0.29, 0.717) is 17.3 Å². The van der Waals surface area contributed by atoms with Gasteiger partial charge in [0.05, 0.1) is 18.1 Å². The summed E-state index contributed by atoms with van der Waals surface area (Å²) in [5.74, 6) is 1.14. The van der Waals surface area contributed by atoms with Crippen LogP contribution in [-0.4, -0.2) is 17.0 Å². The summed E-state index contributed by atoms with van der Waals surface area (Å²) < 4.78 is 10.7.